The molecule has 0 bridgehead atoms. The Hall–Kier alpha value is -3.89. The number of methoxy groups -OCH3 is 1. The number of nitriles is 2. The lowest BCUT2D eigenvalue weighted by Crippen LogP contribution is -2.33. The zero-order valence-electron chi connectivity index (χ0n) is 16.4. The highest BCUT2D eigenvalue weighted by Gasteiger charge is 2.33. The Labute approximate surface area is 178 Å². The van der Waals surface area contributed by atoms with Gasteiger partial charge in [-0.15, -0.1) is 0 Å². The van der Waals surface area contributed by atoms with Crippen LogP contribution < -0.4 is 31.6 Å². The number of nitrogens with two attached hydrogens (primary N) is 2. The average molecular weight is 427 g/mol. The molecule has 1 atom stereocenters. The number of halogens is 1. The normalized spacial score (nSPS) is 14.6. The third kappa shape index (κ3) is 3.69. The predicted octanol–water partition coefficient (Wildman–Crippen LogP) is 2.51. The third-order valence-corrected chi connectivity index (χ3v) is 4.49. The number of aromatic nitrogens is 1. The van der Waals surface area contributed by atoms with E-state index < -0.39 is 6.04 Å². The lowest BCUT2D eigenvalue weighted by molar-refractivity contribution is 0.227. The topological polar surface area (TPSA) is 167 Å². The van der Waals surface area contributed by atoms with E-state index in [1.807, 2.05) is 19.9 Å². The highest BCUT2D eigenvalue weighted by molar-refractivity contribution is 6.30. The fourth-order valence-corrected chi connectivity index (χ4v) is 3.33. The summed E-state index contributed by atoms with van der Waals surface area (Å²) >= 11 is 6.32. The van der Waals surface area contributed by atoms with E-state index in [9.17, 15) is 5.26 Å². The van der Waals surface area contributed by atoms with Crippen molar-refractivity contribution in [3.8, 4) is 23.8 Å². The molecule has 10 nitrogen and oxygen atoms in total. The highest BCUT2D eigenvalue weighted by atomic mass is 35.5. The van der Waals surface area contributed by atoms with Gasteiger partial charge in [-0.05, 0) is 19.9 Å². The van der Waals surface area contributed by atoms with E-state index in [0.717, 1.165) is 0 Å². The van der Waals surface area contributed by atoms with Crippen molar-refractivity contribution in [2.45, 2.75) is 26.0 Å². The summed E-state index contributed by atoms with van der Waals surface area (Å²) in [6, 6.07) is 4.44. The van der Waals surface area contributed by atoms with Crippen molar-refractivity contribution in [3.05, 3.63) is 33.8 Å². The van der Waals surface area contributed by atoms with E-state index in [0.29, 0.717) is 27.6 Å². The van der Waals surface area contributed by atoms with Gasteiger partial charge < -0.3 is 26.3 Å². The minimum Gasteiger partial charge on any atom is -0.493 e. The van der Waals surface area contributed by atoms with Gasteiger partial charge in [0.2, 0.25) is 5.96 Å². The van der Waals surface area contributed by atoms with Gasteiger partial charge in [-0.3, -0.25) is 5.32 Å². The average Bonchev–Trinajstić information content (AvgIpc) is 2.68. The smallest absolute Gasteiger partial charge is 0.211 e. The molecule has 11 heteroatoms. The molecule has 30 heavy (non-hydrogen) atoms. The molecule has 0 radical (unpaired) electrons. The maximum atomic E-state index is 9.47. The van der Waals surface area contributed by atoms with E-state index in [1.54, 1.807) is 18.3 Å². The molecule has 1 aromatic heterocycles. The second kappa shape index (κ2) is 8.23. The summed E-state index contributed by atoms with van der Waals surface area (Å²) in [5.74, 6) is 1.15. The van der Waals surface area contributed by atoms with Crippen molar-refractivity contribution < 1.29 is 9.47 Å². The highest BCUT2D eigenvalue weighted by Crippen LogP contribution is 2.47. The van der Waals surface area contributed by atoms with E-state index in [4.69, 9.17) is 37.8 Å². The first-order chi connectivity index (χ1) is 14.3. The van der Waals surface area contributed by atoms with Crippen molar-refractivity contribution in [3.63, 3.8) is 0 Å². The van der Waals surface area contributed by atoms with Crippen LogP contribution in [0.1, 0.15) is 36.6 Å². The quantitative estimate of drug-likeness (QED) is 0.424. The standard InChI is InChI=1S/C19H19ClN8O2/c1-8(2)30-16-10(4-9(20)5-12(16)29-3)15-13-14(23)11(6-21)17(24)27-18(13)28-19(26-15)25-7-22/h4-5,8,15H,1-3H3,(H6,23,24,25,26,27,28). The number of anilines is 3. The van der Waals surface area contributed by atoms with Gasteiger partial charge in [-0.2, -0.15) is 10.5 Å². The molecule has 0 fully saturated rings. The van der Waals surface area contributed by atoms with Gasteiger partial charge in [-0.25, -0.2) is 9.98 Å². The number of aliphatic imine (C=N–C) groups is 1. The summed E-state index contributed by atoms with van der Waals surface area (Å²) in [5.41, 5.74) is 13.2. The Morgan fingerprint density at radius 1 is 1.30 bits per heavy atom. The van der Waals surface area contributed by atoms with Crippen LogP contribution >= 0.6 is 11.6 Å². The third-order valence-electron chi connectivity index (χ3n) is 4.27. The lowest BCUT2D eigenvalue weighted by atomic mass is 9.94. The van der Waals surface area contributed by atoms with Crippen LogP contribution in [0.4, 0.5) is 17.3 Å². The van der Waals surface area contributed by atoms with Gasteiger partial charge in [0.05, 0.1) is 18.9 Å². The molecule has 2 heterocycles. The molecule has 1 aliphatic heterocycles. The van der Waals surface area contributed by atoms with Crippen molar-refractivity contribution >= 4 is 34.9 Å². The molecule has 0 saturated heterocycles. The Bertz CT molecular complexity index is 1120. The fourth-order valence-electron chi connectivity index (χ4n) is 3.11. The zero-order chi connectivity index (χ0) is 22.0. The van der Waals surface area contributed by atoms with Gasteiger partial charge in [0.25, 0.3) is 0 Å². The maximum Gasteiger partial charge on any atom is 0.211 e. The van der Waals surface area contributed by atoms with Crippen molar-refractivity contribution in [2.24, 2.45) is 4.99 Å². The number of nitrogen functional groups attached to an aromatic ring is 2. The number of benzene rings is 1. The van der Waals surface area contributed by atoms with Crippen LogP contribution in [-0.2, 0) is 0 Å². The Kier molecular flexibility index (Phi) is 5.72. The van der Waals surface area contributed by atoms with Gasteiger partial charge in [0, 0.05) is 22.2 Å². The number of guanidine groups is 1. The molecule has 0 spiro atoms. The van der Waals surface area contributed by atoms with Gasteiger partial charge in [-0.1, -0.05) is 11.6 Å². The second-order valence-electron chi connectivity index (χ2n) is 6.59. The molecule has 1 unspecified atom stereocenters. The number of hydrogen-bond acceptors (Lipinski definition) is 10. The number of nitrogens with zero attached hydrogens (tertiary/aromatic N) is 4. The van der Waals surface area contributed by atoms with E-state index in [-0.39, 0.29) is 35.0 Å². The second-order valence-corrected chi connectivity index (χ2v) is 7.03. The van der Waals surface area contributed by atoms with Gasteiger partial charge >= 0.3 is 0 Å². The molecule has 3 rings (SSSR count). The number of nitrogens with one attached hydrogen (secondary N) is 2. The summed E-state index contributed by atoms with van der Waals surface area (Å²) in [5, 5.41) is 24.2. The lowest BCUT2D eigenvalue weighted by Gasteiger charge is -2.28. The maximum absolute atomic E-state index is 9.47. The molecule has 1 aliphatic rings. The molecule has 154 valence electrons. The molecule has 0 aliphatic carbocycles. The SMILES string of the molecule is COc1cc(Cl)cc(C2N=C(NC#N)Nc3nc(N)c(C#N)c(N)c32)c1OC(C)C. The minimum atomic E-state index is -0.807. The molecular formula is C19H19ClN8O2. The van der Waals surface area contributed by atoms with Crippen LogP contribution in [-0.4, -0.2) is 24.2 Å². The van der Waals surface area contributed by atoms with E-state index in [2.05, 4.69) is 20.6 Å². The zero-order valence-corrected chi connectivity index (χ0v) is 17.2. The largest absolute Gasteiger partial charge is 0.493 e. The fraction of sp³-hybridized carbons (Fsp3) is 0.263. The van der Waals surface area contributed by atoms with Gasteiger partial charge in [0.1, 0.15) is 29.3 Å². The molecule has 0 saturated carbocycles. The predicted molar refractivity (Wildman–Crippen MR) is 113 cm³/mol. The van der Waals surface area contributed by atoms with Crippen LogP contribution in [0.15, 0.2) is 17.1 Å². The first-order valence-corrected chi connectivity index (χ1v) is 9.21. The summed E-state index contributed by atoms with van der Waals surface area (Å²) in [6.45, 7) is 3.73. The van der Waals surface area contributed by atoms with Crippen LogP contribution in [0.3, 0.4) is 0 Å². The van der Waals surface area contributed by atoms with Crippen molar-refractivity contribution in [2.75, 3.05) is 23.9 Å². The number of rotatable bonds is 4. The molecule has 6 N–H and O–H groups in total. The first-order valence-electron chi connectivity index (χ1n) is 8.83. The Morgan fingerprint density at radius 3 is 2.63 bits per heavy atom. The Balaban J connectivity index is 2.35. The molecule has 2 aromatic rings. The number of ether oxygens (including phenoxy) is 2. The summed E-state index contributed by atoms with van der Waals surface area (Å²) in [6.07, 6.45) is 1.62. The van der Waals surface area contributed by atoms with Crippen molar-refractivity contribution in [1.82, 2.24) is 10.3 Å². The molecular weight excluding hydrogens is 408 g/mol. The number of hydrogen-bond donors (Lipinski definition) is 4. The molecule has 1 aromatic carbocycles. The number of pyridine rings is 1. The van der Waals surface area contributed by atoms with Crippen LogP contribution in [0.2, 0.25) is 5.02 Å². The van der Waals surface area contributed by atoms with Gasteiger partial charge in [0.15, 0.2) is 17.7 Å². The van der Waals surface area contributed by atoms with Crippen LogP contribution in [0.5, 0.6) is 11.5 Å². The van der Waals surface area contributed by atoms with Crippen LogP contribution in [0, 0.1) is 22.8 Å². The van der Waals surface area contributed by atoms with E-state index >= 15 is 0 Å². The number of fused-ring (bicyclic) bond motifs is 1. The summed E-state index contributed by atoms with van der Waals surface area (Å²) in [7, 11) is 1.50. The first kappa shape index (κ1) is 20.8. The molecule has 0 amide bonds. The minimum absolute atomic E-state index is 0.0350. The van der Waals surface area contributed by atoms with E-state index in [1.165, 1.54) is 7.11 Å². The monoisotopic (exact) mass is 426 g/mol. The Morgan fingerprint density at radius 2 is 2.03 bits per heavy atom. The van der Waals surface area contributed by atoms with Crippen LogP contribution in [0.25, 0.3) is 0 Å². The summed E-state index contributed by atoms with van der Waals surface area (Å²) < 4.78 is 11.5. The van der Waals surface area contributed by atoms with Crippen molar-refractivity contribution in [1.29, 1.82) is 10.5 Å². The summed E-state index contributed by atoms with van der Waals surface area (Å²) in [4.78, 5) is 8.78.